The number of phenolic OH excluding ortho intramolecular Hbond substituents is 1. The van der Waals surface area contributed by atoms with Gasteiger partial charge in [0.2, 0.25) is 0 Å². The van der Waals surface area contributed by atoms with Crippen LogP contribution in [0.1, 0.15) is 19.4 Å². The van der Waals surface area contributed by atoms with Crippen LogP contribution in [0.4, 0.5) is 0 Å². The van der Waals surface area contributed by atoms with Crippen LogP contribution < -0.4 is 0 Å². The third-order valence-electron chi connectivity index (χ3n) is 2.99. The average Bonchev–Trinajstić information content (AvgIpc) is 2.24. The molecule has 0 aliphatic carbocycles. The summed E-state index contributed by atoms with van der Waals surface area (Å²) in [5, 5.41) is 19.5. The van der Waals surface area contributed by atoms with E-state index < -0.39 is 11.5 Å². The lowest BCUT2D eigenvalue weighted by molar-refractivity contribution is -0.148. The molecule has 0 atom stereocenters. The van der Waals surface area contributed by atoms with Gasteiger partial charge in [0.05, 0.1) is 5.02 Å². The molecule has 0 aliphatic rings. The zero-order chi connectivity index (χ0) is 14.1. The Labute approximate surface area is 116 Å². The first-order chi connectivity index (χ1) is 8.16. The van der Waals surface area contributed by atoms with E-state index in [1.54, 1.807) is 31.9 Å². The molecule has 100 valence electrons. The van der Waals surface area contributed by atoms with Crippen molar-refractivity contribution in [3.05, 3.63) is 27.7 Å². The van der Waals surface area contributed by atoms with Gasteiger partial charge in [0.25, 0.3) is 0 Å². The smallest absolute Gasteiger partial charge is 0.323 e. The van der Waals surface area contributed by atoms with Gasteiger partial charge in [-0.2, -0.15) is 0 Å². The van der Waals surface area contributed by atoms with Gasteiger partial charge in [-0.25, -0.2) is 0 Å². The minimum absolute atomic E-state index is 0.0749. The molecule has 1 aromatic rings. The fraction of sp³-hybridized carbons (Fsp3) is 0.417. The van der Waals surface area contributed by atoms with Crippen LogP contribution in [0.3, 0.4) is 0 Å². The lowest BCUT2D eigenvalue weighted by Gasteiger charge is -2.31. The summed E-state index contributed by atoms with van der Waals surface area (Å²) >= 11 is 11.7. The van der Waals surface area contributed by atoms with E-state index in [9.17, 15) is 9.90 Å². The van der Waals surface area contributed by atoms with Crippen LogP contribution in [0.5, 0.6) is 5.75 Å². The van der Waals surface area contributed by atoms with Crippen LogP contribution in [0.2, 0.25) is 10.0 Å². The highest BCUT2D eigenvalue weighted by Crippen LogP contribution is 2.32. The zero-order valence-electron chi connectivity index (χ0n) is 10.4. The summed E-state index contributed by atoms with van der Waals surface area (Å²) in [7, 11) is 1.66. The Bertz CT molecular complexity index is 475. The first-order valence-corrected chi connectivity index (χ1v) is 6.03. The minimum atomic E-state index is -1.05. The second-order valence-corrected chi connectivity index (χ2v) is 5.46. The van der Waals surface area contributed by atoms with Gasteiger partial charge < -0.3 is 10.2 Å². The van der Waals surface area contributed by atoms with Crippen LogP contribution in [-0.2, 0) is 11.3 Å². The molecule has 2 N–H and O–H groups in total. The highest BCUT2D eigenvalue weighted by atomic mass is 35.5. The van der Waals surface area contributed by atoms with E-state index in [1.807, 2.05) is 0 Å². The van der Waals surface area contributed by atoms with Gasteiger partial charge in [-0.3, -0.25) is 9.69 Å². The summed E-state index contributed by atoms with van der Waals surface area (Å²) < 4.78 is 0. The molecular formula is C12H15Cl2NO3. The number of hydrogen-bond acceptors (Lipinski definition) is 3. The van der Waals surface area contributed by atoms with Gasteiger partial charge in [0.1, 0.15) is 11.3 Å². The van der Waals surface area contributed by atoms with E-state index in [2.05, 4.69) is 0 Å². The van der Waals surface area contributed by atoms with Crippen LogP contribution in [0, 0.1) is 0 Å². The number of halogens is 2. The molecular weight excluding hydrogens is 277 g/mol. The maximum Gasteiger partial charge on any atom is 0.323 e. The van der Waals surface area contributed by atoms with Crippen molar-refractivity contribution in [1.29, 1.82) is 0 Å². The van der Waals surface area contributed by atoms with Gasteiger partial charge in [-0.1, -0.05) is 23.2 Å². The molecule has 0 bridgehead atoms. The second kappa shape index (κ2) is 5.34. The summed E-state index contributed by atoms with van der Waals surface area (Å²) in [5.41, 5.74) is -0.564. The summed E-state index contributed by atoms with van der Waals surface area (Å²) in [6.45, 7) is 3.39. The Morgan fingerprint density at radius 3 is 2.44 bits per heavy atom. The van der Waals surface area contributed by atoms with E-state index in [0.29, 0.717) is 10.6 Å². The number of likely N-dealkylation sites (N-methyl/N-ethyl adjacent to an activating group) is 1. The molecule has 1 rings (SSSR count). The van der Waals surface area contributed by atoms with E-state index in [1.165, 1.54) is 6.07 Å². The first-order valence-electron chi connectivity index (χ1n) is 5.27. The molecule has 0 heterocycles. The number of hydrogen-bond donors (Lipinski definition) is 2. The van der Waals surface area contributed by atoms with E-state index in [-0.39, 0.29) is 17.3 Å². The van der Waals surface area contributed by atoms with E-state index in [4.69, 9.17) is 28.3 Å². The molecule has 0 saturated carbocycles. The van der Waals surface area contributed by atoms with Crippen LogP contribution in [0.25, 0.3) is 0 Å². The molecule has 4 nitrogen and oxygen atoms in total. The van der Waals surface area contributed by atoms with Crippen molar-refractivity contribution in [3.8, 4) is 5.75 Å². The lowest BCUT2D eigenvalue weighted by atomic mass is 10.0. The number of carboxylic acids is 1. The molecule has 0 unspecified atom stereocenters. The summed E-state index contributed by atoms with van der Waals surface area (Å²) in [5.74, 6) is -1.02. The topological polar surface area (TPSA) is 60.8 Å². The van der Waals surface area contributed by atoms with E-state index in [0.717, 1.165) is 0 Å². The van der Waals surface area contributed by atoms with Gasteiger partial charge in [0, 0.05) is 17.1 Å². The van der Waals surface area contributed by atoms with Crippen LogP contribution in [-0.4, -0.2) is 33.7 Å². The van der Waals surface area contributed by atoms with Crippen molar-refractivity contribution in [3.63, 3.8) is 0 Å². The zero-order valence-corrected chi connectivity index (χ0v) is 11.9. The molecule has 0 aromatic heterocycles. The number of benzene rings is 1. The molecule has 18 heavy (non-hydrogen) atoms. The number of rotatable bonds is 4. The summed E-state index contributed by atoms with van der Waals surface area (Å²) in [6.07, 6.45) is 0. The predicted octanol–water partition coefficient (Wildman–Crippen LogP) is 2.99. The summed E-state index contributed by atoms with van der Waals surface area (Å²) in [6, 6.07) is 3.00. The molecule has 0 fully saturated rings. The first kappa shape index (κ1) is 15.1. The second-order valence-electron chi connectivity index (χ2n) is 4.62. The monoisotopic (exact) mass is 291 g/mol. The van der Waals surface area contributed by atoms with Crippen molar-refractivity contribution >= 4 is 29.2 Å². The largest absolute Gasteiger partial charge is 0.506 e. The molecule has 6 heteroatoms. The maximum atomic E-state index is 11.1. The summed E-state index contributed by atoms with van der Waals surface area (Å²) in [4.78, 5) is 12.7. The third-order valence-corrected chi connectivity index (χ3v) is 3.50. The number of nitrogens with zero attached hydrogens (tertiary/aromatic N) is 1. The Balaban J connectivity index is 3.02. The quantitative estimate of drug-likeness (QED) is 0.895. The Morgan fingerprint density at radius 2 is 1.94 bits per heavy atom. The van der Waals surface area contributed by atoms with Crippen LogP contribution in [0.15, 0.2) is 12.1 Å². The molecule has 0 amide bonds. The molecule has 0 spiro atoms. The normalized spacial score (nSPS) is 11.9. The van der Waals surface area contributed by atoms with Crippen molar-refractivity contribution in [2.75, 3.05) is 7.05 Å². The van der Waals surface area contributed by atoms with Gasteiger partial charge in [-0.05, 0) is 33.0 Å². The SMILES string of the molecule is CN(Cc1cc(Cl)cc(Cl)c1O)C(C)(C)C(=O)O. The van der Waals surface area contributed by atoms with Crippen molar-refractivity contribution in [1.82, 2.24) is 4.90 Å². The predicted molar refractivity (Wildman–Crippen MR) is 71.3 cm³/mol. The van der Waals surface area contributed by atoms with Gasteiger partial charge >= 0.3 is 5.97 Å². The van der Waals surface area contributed by atoms with Crippen molar-refractivity contribution < 1.29 is 15.0 Å². The highest BCUT2D eigenvalue weighted by molar-refractivity contribution is 6.35. The van der Waals surface area contributed by atoms with Crippen LogP contribution >= 0.6 is 23.2 Å². The lowest BCUT2D eigenvalue weighted by Crippen LogP contribution is -2.47. The van der Waals surface area contributed by atoms with Gasteiger partial charge in [0.15, 0.2) is 0 Å². The molecule has 0 aliphatic heterocycles. The highest BCUT2D eigenvalue weighted by Gasteiger charge is 2.32. The fourth-order valence-electron chi connectivity index (χ4n) is 1.36. The minimum Gasteiger partial charge on any atom is -0.506 e. The number of aromatic hydroxyl groups is 1. The number of carboxylic acid groups (broad SMARTS) is 1. The molecule has 1 aromatic carbocycles. The van der Waals surface area contributed by atoms with E-state index >= 15 is 0 Å². The average molecular weight is 292 g/mol. The third kappa shape index (κ3) is 3.07. The Kier molecular flexibility index (Phi) is 4.48. The van der Waals surface area contributed by atoms with Crippen molar-refractivity contribution in [2.45, 2.75) is 25.9 Å². The Morgan fingerprint density at radius 1 is 1.39 bits per heavy atom. The molecule has 0 saturated heterocycles. The standard InChI is InChI=1S/C12H15Cl2NO3/c1-12(2,11(17)18)15(3)6-7-4-8(13)5-9(14)10(7)16/h4-5,16H,6H2,1-3H3,(H,17,18). The molecule has 0 radical (unpaired) electrons. The number of aliphatic carboxylic acids is 1. The number of phenols is 1. The van der Waals surface area contributed by atoms with Crippen molar-refractivity contribution in [2.24, 2.45) is 0 Å². The fourth-order valence-corrected chi connectivity index (χ4v) is 1.89. The number of carbonyl (C=O) groups is 1. The maximum absolute atomic E-state index is 11.1. The van der Waals surface area contributed by atoms with Gasteiger partial charge in [-0.15, -0.1) is 0 Å². The Hall–Kier alpha value is -0.970.